The van der Waals surface area contributed by atoms with E-state index in [-0.39, 0.29) is 5.78 Å². The standard InChI is InChI=1S/C17H14N2O2/c20-16(14-7-3-1-4-8-14)17(19-12-11-18-13-19)21-15-9-5-2-6-10-15/h1-13,17H. The minimum atomic E-state index is -0.766. The number of para-hydroxylation sites is 1. The molecule has 0 amide bonds. The quantitative estimate of drug-likeness (QED) is 0.672. The van der Waals surface area contributed by atoms with Crippen LogP contribution in [-0.4, -0.2) is 15.3 Å². The molecule has 1 aromatic heterocycles. The molecule has 0 fully saturated rings. The number of Topliss-reactive ketones (excluding diaryl/α,β-unsaturated/α-hetero) is 1. The second-order valence-corrected chi connectivity index (χ2v) is 4.52. The number of nitrogens with zero attached hydrogens (tertiary/aromatic N) is 2. The highest BCUT2D eigenvalue weighted by Crippen LogP contribution is 2.20. The van der Waals surface area contributed by atoms with Crippen molar-refractivity contribution in [1.29, 1.82) is 0 Å². The SMILES string of the molecule is O=C(c1ccccc1)C(Oc1ccccc1)n1ccnc1. The average Bonchev–Trinajstić information content (AvgIpc) is 3.08. The van der Waals surface area contributed by atoms with Crippen molar-refractivity contribution in [3.8, 4) is 5.75 Å². The first-order valence-electron chi connectivity index (χ1n) is 6.63. The Labute approximate surface area is 122 Å². The fraction of sp³-hybridized carbons (Fsp3) is 0.0588. The molecule has 0 bridgehead atoms. The summed E-state index contributed by atoms with van der Waals surface area (Å²) in [6.45, 7) is 0. The van der Waals surface area contributed by atoms with Crippen LogP contribution in [0.2, 0.25) is 0 Å². The van der Waals surface area contributed by atoms with Crippen molar-refractivity contribution in [2.45, 2.75) is 6.23 Å². The normalized spacial score (nSPS) is 11.8. The summed E-state index contributed by atoms with van der Waals surface area (Å²) in [5.41, 5.74) is 0.604. The fourth-order valence-electron chi connectivity index (χ4n) is 2.03. The lowest BCUT2D eigenvalue weighted by atomic mass is 10.1. The Morgan fingerprint density at radius 1 is 1.00 bits per heavy atom. The molecule has 0 aliphatic heterocycles. The first-order chi connectivity index (χ1) is 10.3. The predicted molar refractivity (Wildman–Crippen MR) is 79.1 cm³/mol. The maximum Gasteiger partial charge on any atom is 0.241 e. The van der Waals surface area contributed by atoms with Crippen LogP contribution in [-0.2, 0) is 0 Å². The van der Waals surface area contributed by atoms with E-state index in [0.717, 1.165) is 0 Å². The van der Waals surface area contributed by atoms with Crippen LogP contribution in [0.1, 0.15) is 16.6 Å². The number of aromatic nitrogens is 2. The second kappa shape index (κ2) is 6.05. The zero-order chi connectivity index (χ0) is 14.5. The van der Waals surface area contributed by atoms with Gasteiger partial charge in [0.25, 0.3) is 0 Å². The van der Waals surface area contributed by atoms with Crippen molar-refractivity contribution in [3.05, 3.63) is 84.9 Å². The largest absolute Gasteiger partial charge is 0.462 e. The highest BCUT2D eigenvalue weighted by molar-refractivity contribution is 5.98. The third-order valence-corrected chi connectivity index (χ3v) is 3.07. The molecule has 0 aliphatic rings. The summed E-state index contributed by atoms with van der Waals surface area (Å²) in [6.07, 6.45) is 4.15. The van der Waals surface area contributed by atoms with E-state index >= 15 is 0 Å². The van der Waals surface area contributed by atoms with Gasteiger partial charge in [-0.1, -0.05) is 48.5 Å². The predicted octanol–water partition coefficient (Wildman–Crippen LogP) is 3.34. The molecule has 0 saturated carbocycles. The van der Waals surface area contributed by atoms with Crippen molar-refractivity contribution in [2.24, 2.45) is 0 Å². The Bertz CT molecular complexity index is 694. The van der Waals surface area contributed by atoms with E-state index in [0.29, 0.717) is 11.3 Å². The summed E-state index contributed by atoms with van der Waals surface area (Å²) >= 11 is 0. The van der Waals surface area contributed by atoms with Crippen LogP contribution in [0.5, 0.6) is 5.75 Å². The third kappa shape index (κ3) is 3.00. The molecule has 104 valence electrons. The number of benzene rings is 2. The lowest BCUT2D eigenvalue weighted by molar-refractivity contribution is 0.0653. The summed E-state index contributed by atoms with van der Waals surface area (Å²) in [6, 6.07) is 18.4. The molecule has 0 radical (unpaired) electrons. The molecule has 1 atom stereocenters. The van der Waals surface area contributed by atoms with Gasteiger partial charge in [-0.2, -0.15) is 0 Å². The number of hydrogen-bond acceptors (Lipinski definition) is 3. The van der Waals surface area contributed by atoms with E-state index in [4.69, 9.17) is 4.74 Å². The number of rotatable bonds is 5. The monoisotopic (exact) mass is 278 g/mol. The summed E-state index contributed by atoms with van der Waals surface area (Å²) in [5.74, 6) is 0.526. The first kappa shape index (κ1) is 13.1. The molecule has 21 heavy (non-hydrogen) atoms. The summed E-state index contributed by atoms with van der Waals surface area (Å²) in [5, 5.41) is 0. The molecule has 1 unspecified atom stereocenters. The highest BCUT2D eigenvalue weighted by atomic mass is 16.5. The van der Waals surface area contributed by atoms with E-state index in [9.17, 15) is 4.79 Å². The lowest BCUT2D eigenvalue weighted by Crippen LogP contribution is -2.24. The Balaban J connectivity index is 1.92. The lowest BCUT2D eigenvalue weighted by Gasteiger charge is -2.19. The molecule has 0 saturated heterocycles. The molecular formula is C17H14N2O2. The maximum absolute atomic E-state index is 12.7. The van der Waals surface area contributed by atoms with Gasteiger partial charge < -0.3 is 4.74 Å². The number of imidazole rings is 1. The summed E-state index contributed by atoms with van der Waals surface area (Å²) in [4.78, 5) is 16.7. The van der Waals surface area contributed by atoms with Gasteiger partial charge in [-0.15, -0.1) is 0 Å². The zero-order valence-corrected chi connectivity index (χ0v) is 11.3. The van der Waals surface area contributed by atoms with E-state index < -0.39 is 6.23 Å². The number of carbonyl (C=O) groups is 1. The molecule has 3 rings (SSSR count). The summed E-state index contributed by atoms with van der Waals surface area (Å²) < 4.78 is 7.50. The van der Waals surface area contributed by atoms with Crippen LogP contribution in [0.25, 0.3) is 0 Å². The molecule has 2 aromatic carbocycles. The number of hydrogen-bond donors (Lipinski definition) is 0. The highest BCUT2D eigenvalue weighted by Gasteiger charge is 2.23. The molecule has 0 spiro atoms. The molecular weight excluding hydrogens is 264 g/mol. The van der Waals surface area contributed by atoms with Crippen molar-refractivity contribution in [2.75, 3.05) is 0 Å². The molecule has 0 aliphatic carbocycles. The van der Waals surface area contributed by atoms with Gasteiger partial charge in [-0.05, 0) is 12.1 Å². The van der Waals surface area contributed by atoms with Gasteiger partial charge >= 0.3 is 0 Å². The third-order valence-electron chi connectivity index (χ3n) is 3.07. The Morgan fingerprint density at radius 2 is 1.67 bits per heavy atom. The van der Waals surface area contributed by atoms with Crippen molar-refractivity contribution in [3.63, 3.8) is 0 Å². The van der Waals surface area contributed by atoms with Gasteiger partial charge in [0.1, 0.15) is 5.75 Å². The topological polar surface area (TPSA) is 44.1 Å². The van der Waals surface area contributed by atoms with Crippen LogP contribution >= 0.6 is 0 Å². The molecule has 4 heteroatoms. The summed E-state index contributed by atoms with van der Waals surface area (Å²) in [7, 11) is 0. The number of carbonyl (C=O) groups excluding carboxylic acids is 1. The fourth-order valence-corrected chi connectivity index (χ4v) is 2.03. The smallest absolute Gasteiger partial charge is 0.241 e. The Morgan fingerprint density at radius 3 is 2.29 bits per heavy atom. The van der Waals surface area contributed by atoms with E-state index in [2.05, 4.69) is 4.98 Å². The zero-order valence-electron chi connectivity index (χ0n) is 11.3. The van der Waals surface area contributed by atoms with Crippen LogP contribution in [0, 0.1) is 0 Å². The van der Waals surface area contributed by atoms with Crippen LogP contribution < -0.4 is 4.74 Å². The number of ketones is 1. The maximum atomic E-state index is 12.7. The number of ether oxygens (including phenoxy) is 1. The Kier molecular flexibility index (Phi) is 3.78. The molecule has 0 N–H and O–H groups in total. The van der Waals surface area contributed by atoms with Crippen molar-refractivity contribution < 1.29 is 9.53 Å². The van der Waals surface area contributed by atoms with E-state index in [1.54, 1.807) is 35.4 Å². The van der Waals surface area contributed by atoms with Crippen LogP contribution in [0.3, 0.4) is 0 Å². The van der Waals surface area contributed by atoms with Crippen molar-refractivity contribution in [1.82, 2.24) is 9.55 Å². The minimum Gasteiger partial charge on any atom is -0.462 e. The van der Waals surface area contributed by atoms with Crippen LogP contribution in [0.15, 0.2) is 79.4 Å². The van der Waals surface area contributed by atoms with Crippen molar-refractivity contribution >= 4 is 5.78 Å². The van der Waals surface area contributed by atoms with Gasteiger partial charge in [0, 0.05) is 18.0 Å². The first-order valence-corrected chi connectivity index (χ1v) is 6.63. The second-order valence-electron chi connectivity index (χ2n) is 4.52. The van der Waals surface area contributed by atoms with Gasteiger partial charge in [0.05, 0.1) is 6.33 Å². The minimum absolute atomic E-state index is 0.113. The van der Waals surface area contributed by atoms with Gasteiger partial charge in [-0.3, -0.25) is 9.36 Å². The van der Waals surface area contributed by atoms with E-state index in [1.165, 1.54) is 0 Å². The Hall–Kier alpha value is -2.88. The van der Waals surface area contributed by atoms with Crippen LogP contribution in [0.4, 0.5) is 0 Å². The molecule has 1 heterocycles. The van der Waals surface area contributed by atoms with Gasteiger partial charge in [0.15, 0.2) is 0 Å². The molecule has 3 aromatic rings. The van der Waals surface area contributed by atoms with Gasteiger partial charge in [-0.25, -0.2) is 4.98 Å². The van der Waals surface area contributed by atoms with E-state index in [1.807, 2.05) is 48.5 Å². The average molecular weight is 278 g/mol. The molecule has 4 nitrogen and oxygen atoms in total. The van der Waals surface area contributed by atoms with Gasteiger partial charge in [0.2, 0.25) is 12.0 Å².